The quantitative estimate of drug-likeness (QED) is 0.845. The number of hydrogen-bond acceptors (Lipinski definition) is 4. The summed E-state index contributed by atoms with van der Waals surface area (Å²) in [4.78, 5) is 12.3. The molecule has 1 aromatic rings. The number of nitrogens with two attached hydrogens (primary N) is 1. The Hall–Kier alpha value is -1.75. The minimum Gasteiger partial charge on any atom is -0.497 e. The van der Waals surface area contributed by atoms with E-state index in [2.05, 4.69) is 5.32 Å². The Kier molecular flexibility index (Phi) is 5.66. The first-order valence-electron chi connectivity index (χ1n) is 7.91. The van der Waals surface area contributed by atoms with E-state index in [1.165, 1.54) is 6.42 Å². The van der Waals surface area contributed by atoms with Crippen LogP contribution in [0.25, 0.3) is 0 Å². The smallest absolute Gasteiger partial charge is 0.240 e. The summed E-state index contributed by atoms with van der Waals surface area (Å²) in [7, 11) is 1.63. The Morgan fingerprint density at radius 2 is 1.82 bits per heavy atom. The second kappa shape index (κ2) is 7.49. The van der Waals surface area contributed by atoms with E-state index >= 15 is 0 Å². The van der Waals surface area contributed by atoms with Crippen molar-refractivity contribution in [2.45, 2.75) is 50.7 Å². The zero-order chi connectivity index (χ0) is 16.0. The molecule has 0 heterocycles. The molecular weight excluding hydrogens is 280 g/mol. The largest absolute Gasteiger partial charge is 0.497 e. The van der Waals surface area contributed by atoms with Crippen molar-refractivity contribution in [1.82, 2.24) is 5.32 Å². The SMILES string of the molecule is COc1ccc(OC(C)CNC(=O)C2(N)CCCCC2)cc1. The molecule has 0 aromatic heterocycles. The number of carbonyl (C=O) groups excluding carboxylic acids is 1. The van der Waals surface area contributed by atoms with Gasteiger partial charge in [0.25, 0.3) is 0 Å². The first-order valence-corrected chi connectivity index (χ1v) is 7.91. The molecule has 3 N–H and O–H groups in total. The Morgan fingerprint density at radius 3 is 2.41 bits per heavy atom. The van der Waals surface area contributed by atoms with E-state index in [4.69, 9.17) is 15.2 Å². The van der Waals surface area contributed by atoms with Crippen LogP contribution in [0.15, 0.2) is 24.3 Å². The molecule has 1 fully saturated rings. The summed E-state index contributed by atoms with van der Waals surface area (Å²) in [5.74, 6) is 1.48. The third-order valence-corrected chi connectivity index (χ3v) is 4.14. The zero-order valence-corrected chi connectivity index (χ0v) is 13.4. The Morgan fingerprint density at radius 1 is 1.23 bits per heavy atom. The summed E-state index contributed by atoms with van der Waals surface area (Å²) in [6.45, 7) is 2.37. The van der Waals surface area contributed by atoms with Crippen molar-refractivity contribution in [3.63, 3.8) is 0 Å². The maximum Gasteiger partial charge on any atom is 0.240 e. The molecule has 1 atom stereocenters. The van der Waals surface area contributed by atoms with Gasteiger partial charge in [0.15, 0.2) is 0 Å². The number of benzene rings is 1. The van der Waals surface area contributed by atoms with Gasteiger partial charge < -0.3 is 20.5 Å². The van der Waals surface area contributed by atoms with E-state index in [1.807, 2.05) is 31.2 Å². The molecule has 0 saturated heterocycles. The molecule has 0 aliphatic heterocycles. The van der Waals surface area contributed by atoms with Crippen molar-refractivity contribution in [3.8, 4) is 11.5 Å². The molecule has 1 aromatic carbocycles. The van der Waals surface area contributed by atoms with Crippen molar-refractivity contribution in [2.24, 2.45) is 5.73 Å². The maximum absolute atomic E-state index is 12.3. The molecule has 1 unspecified atom stereocenters. The van der Waals surface area contributed by atoms with E-state index in [1.54, 1.807) is 7.11 Å². The third-order valence-electron chi connectivity index (χ3n) is 4.14. The van der Waals surface area contributed by atoms with Gasteiger partial charge in [-0.25, -0.2) is 0 Å². The summed E-state index contributed by atoms with van der Waals surface area (Å²) in [5.41, 5.74) is 5.51. The molecule has 1 aliphatic carbocycles. The van der Waals surface area contributed by atoms with Gasteiger partial charge in [0.1, 0.15) is 17.6 Å². The van der Waals surface area contributed by atoms with Gasteiger partial charge in [0, 0.05) is 0 Å². The van der Waals surface area contributed by atoms with Gasteiger partial charge in [0.05, 0.1) is 19.2 Å². The predicted molar refractivity (Wildman–Crippen MR) is 86.1 cm³/mol. The highest BCUT2D eigenvalue weighted by atomic mass is 16.5. The molecule has 2 rings (SSSR count). The summed E-state index contributed by atoms with van der Waals surface area (Å²) >= 11 is 0. The lowest BCUT2D eigenvalue weighted by molar-refractivity contribution is -0.127. The van der Waals surface area contributed by atoms with Gasteiger partial charge in [-0.2, -0.15) is 0 Å². The molecule has 0 spiro atoms. The van der Waals surface area contributed by atoms with Gasteiger partial charge in [0.2, 0.25) is 5.91 Å². The minimum atomic E-state index is -0.696. The van der Waals surface area contributed by atoms with Crippen molar-refractivity contribution in [1.29, 1.82) is 0 Å². The second-order valence-electron chi connectivity index (χ2n) is 6.03. The Balaban J connectivity index is 1.79. The van der Waals surface area contributed by atoms with E-state index in [-0.39, 0.29) is 12.0 Å². The average Bonchev–Trinajstić information content (AvgIpc) is 2.54. The first kappa shape index (κ1) is 16.6. The third kappa shape index (κ3) is 4.37. The summed E-state index contributed by atoms with van der Waals surface area (Å²) in [6.07, 6.45) is 4.65. The molecule has 122 valence electrons. The van der Waals surface area contributed by atoms with E-state index in [9.17, 15) is 4.79 Å². The van der Waals surface area contributed by atoms with Crippen molar-refractivity contribution in [3.05, 3.63) is 24.3 Å². The summed E-state index contributed by atoms with van der Waals surface area (Å²) in [5, 5.41) is 2.92. The van der Waals surface area contributed by atoms with Crippen LogP contribution in [-0.2, 0) is 4.79 Å². The normalized spacial score (nSPS) is 18.3. The van der Waals surface area contributed by atoms with Crippen LogP contribution in [0.3, 0.4) is 0 Å². The van der Waals surface area contributed by atoms with Gasteiger partial charge in [-0.3, -0.25) is 4.79 Å². The van der Waals surface area contributed by atoms with Gasteiger partial charge in [-0.05, 0) is 44.0 Å². The minimum absolute atomic E-state index is 0.0580. The second-order valence-corrected chi connectivity index (χ2v) is 6.03. The number of ether oxygens (including phenoxy) is 2. The fraction of sp³-hybridized carbons (Fsp3) is 0.588. The van der Waals surface area contributed by atoms with Crippen molar-refractivity contribution in [2.75, 3.05) is 13.7 Å². The van der Waals surface area contributed by atoms with Crippen LogP contribution in [0.5, 0.6) is 11.5 Å². The molecule has 1 aliphatic rings. The Bertz CT molecular complexity index is 481. The lowest BCUT2D eigenvalue weighted by Gasteiger charge is -2.32. The first-order chi connectivity index (χ1) is 10.5. The highest BCUT2D eigenvalue weighted by Crippen LogP contribution is 2.26. The summed E-state index contributed by atoms with van der Waals surface area (Å²) < 4.78 is 10.9. The molecule has 5 heteroatoms. The number of amides is 1. The molecule has 22 heavy (non-hydrogen) atoms. The van der Waals surface area contributed by atoms with Crippen LogP contribution < -0.4 is 20.5 Å². The van der Waals surface area contributed by atoms with Crippen LogP contribution in [0, 0.1) is 0 Å². The van der Waals surface area contributed by atoms with Gasteiger partial charge in [-0.15, -0.1) is 0 Å². The highest BCUT2D eigenvalue weighted by molar-refractivity contribution is 5.86. The molecule has 5 nitrogen and oxygen atoms in total. The average molecular weight is 306 g/mol. The van der Waals surface area contributed by atoms with E-state index in [0.29, 0.717) is 6.54 Å². The molecule has 0 bridgehead atoms. The zero-order valence-electron chi connectivity index (χ0n) is 13.4. The highest BCUT2D eigenvalue weighted by Gasteiger charge is 2.35. The fourth-order valence-corrected chi connectivity index (χ4v) is 2.75. The van der Waals surface area contributed by atoms with Crippen LogP contribution in [-0.4, -0.2) is 31.2 Å². The number of methoxy groups -OCH3 is 1. The predicted octanol–water partition coefficient (Wildman–Crippen LogP) is 2.24. The Labute approximate surface area is 132 Å². The van der Waals surface area contributed by atoms with Crippen LogP contribution >= 0.6 is 0 Å². The maximum atomic E-state index is 12.3. The van der Waals surface area contributed by atoms with Crippen LogP contribution in [0.4, 0.5) is 0 Å². The number of nitrogens with one attached hydrogen (secondary N) is 1. The van der Waals surface area contributed by atoms with E-state index < -0.39 is 5.54 Å². The molecule has 1 saturated carbocycles. The van der Waals surface area contributed by atoms with Gasteiger partial charge >= 0.3 is 0 Å². The summed E-state index contributed by atoms with van der Waals surface area (Å²) in [6, 6.07) is 7.39. The molecule has 1 amide bonds. The number of carbonyl (C=O) groups is 1. The van der Waals surface area contributed by atoms with E-state index in [0.717, 1.165) is 37.2 Å². The van der Waals surface area contributed by atoms with Crippen molar-refractivity contribution >= 4 is 5.91 Å². The standard InChI is InChI=1S/C17H26N2O3/c1-13(22-15-8-6-14(21-2)7-9-15)12-19-16(20)17(18)10-4-3-5-11-17/h6-9,13H,3-5,10-12,18H2,1-2H3,(H,19,20). The number of rotatable bonds is 6. The monoisotopic (exact) mass is 306 g/mol. The molecule has 0 radical (unpaired) electrons. The van der Waals surface area contributed by atoms with Crippen LogP contribution in [0.2, 0.25) is 0 Å². The fourth-order valence-electron chi connectivity index (χ4n) is 2.75. The van der Waals surface area contributed by atoms with Gasteiger partial charge in [-0.1, -0.05) is 19.3 Å². The topological polar surface area (TPSA) is 73.6 Å². The lowest BCUT2D eigenvalue weighted by atomic mass is 9.82. The van der Waals surface area contributed by atoms with Crippen LogP contribution in [0.1, 0.15) is 39.0 Å². The van der Waals surface area contributed by atoms with Crippen molar-refractivity contribution < 1.29 is 14.3 Å². The number of hydrogen-bond donors (Lipinski definition) is 2. The lowest BCUT2D eigenvalue weighted by Crippen LogP contribution is -2.56. The molecular formula is C17H26N2O3.